The van der Waals surface area contributed by atoms with Crippen molar-refractivity contribution < 1.29 is 33.6 Å². The summed E-state index contributed by atoms with van der Waals surface area (Å²) >= 11 is 0. The topological polar surface area (TPSA) is 135 Å². The number of imide groups is 1. The number of amides is 2. The first-order valence-electron chi connectivity index (χ1n) is 12.4. The van der Waals surface area contributed by atoms with E-state index in [1.165, 1.54) is 43.3 Å². The van der Waals surface area contributed by atoms with Gasteiger partial charge in [-0.25, -0.2) is 9.29 Å². The number of carbonyl (C=O) groups excluding carboxylic acids is 4. The molecule has 0 bridgehead atoms. The molecule has 3 aliphatic carbocycles. The Bertz CT molecular complexity index is 1640. The molecule has 2 aromatic rings. The number of carbonyl (C=O) groups is 4. The molecular formula is C29H21FN2O7. The highest BCUT2D eigenvalue weighted by Gasteiger charge is 2.57. The van der Waals surface area contributed by atoms with Crippen molar-refractivity contribution in [2.45, 2.75) is 25.7 Å². The maximum absolute atomic E-state index is 14.5. The molecule has 6 rings (SSSR count). The number of nitrogens with zero attached hydrogens (tertiary/aromatic N) is 2. The van der Waals surface area contributed by atoms with Crippen LogP contribution in [-0.2, 0) is 19.2 Å². The fourth-order valence-electron chi connectivity index (χ4n) is 6.50. The molecule has 1 N–H and O–H groups in total. The van der Waals surface area contributed by atoms with E-state index < -0.39 is 57.8 Å². The predicted octanol–water partition coefficient (Wildman–Crippen LogP) is 4.07. The summed E-state index contributed by atoms with van der Waals surface area (Å²) in [7, 11) is 0. The Hall–Kier alpha value is -4.73. The van der Waals surface area contributed by atoms with Crippen LogP contribution < -0.4 is 4.90 Å². The molecule has 1 fully saturated rings. The number of anilines is 1. The molecule has 2 aromatic carbocycles. The molecule has 9 nitrogen and oxygen atoms in total. The molecule has 0 spiro atoms. The van der Waals surface area contributed by atoms with E-state index >= 15 is 0 Å². The number of hydrogen-bond donors (Lipinski definition) is 1. The van der Waals surface area contributed by atoms with Crippen molar-refractivity contribution in [3.05, 3.63) is 98.4 Å². The number of rotatable bonds is 3. The second-order valence-corrected chi connectivity index (χ2v) is 10.2. The molecule has 4 aliphatic rings. The lowest BCUT2D eigenvalue weighted by Crippen LogP contribution is -2.39. The van der Waals surface area contributed by atoms with Crippen LogP contribution in [0.15, 0.2) is 76.9 Å². The van der Waals surface area contributed by atoms with Crippen molar-refractivity contribution >= 4 is 34.8 Å². The molecule has 196 valence electrons. The lowest BCUT2D eigenvalue weighted by Gasteiger charge is -2.42. The number of phenols is 1. The Kier molecular flexibility index (Phi) is 5.46. The summed E-state index contributed by atoms with van der Waals surface area (Å²) < 4.78 is 14.5. The number of nitro groups is 1. The first-order chi connectivity index (χ1) is 18.6. The Balaban J connectivity index is 1.49. The number of halogens is 1. The highest BCUT2D eigenvalue weighted by atomic mass is 19.1. The zero-order valence-corrected chi connectivity index (χ0v) is 20.6. The van der Waals surface area contributed by atoms with E-state index in [1.807, 2.05) is 0 Å². The number of aromatic hydroxyl groups is 1. The summed E-state index contributed by atoms with van der Waals surface area (Å²) in [5.74, 6) is -6.76. The zero-order valence-electron chi connectivity index (χ0n) is 20.6. The fourth-order valence-corrected chi connectivity index (χ4v) is 6.50. The Morgan fingerprint density at radius 2 is 1.79 bits per heavy atom. The van der Waals surface area contributed by atoms with Gasteiger partial charge in [-0.1, -0.05) is 29.8 Å². The molecule has 0 aromatic heterocycles. The van der Waals surface area contributed by atoms with Gasteiger partial charge in [0.1, 0.15) is 0 Å². The van der Waals surface area contributed by atoms with E-state index in [-0.39, 0.29) is 52.3 Å². The van der Waals surface area contributed by atoms with Crippen molar-refractivity contribution in [1.82, 2.24) is 0 Å². The maximum Gasteiger partial charge on any atom is 0.271 e. The van der Waals surface area contributed by atoms with Crippen LogP contribution in [-0.4, -0.2) is 33.4 Å². The smallest absolute Gasteiger partial charge is 0.271 e. The van der Waals surface area contributed by atoms with Crippen LogP contribution in [0.4, 0.5) is 15.8 Å². The molecule has 0 unspecified atom stereocenters. The van der Waals surface area contributed by atoms with Crippen molar-refractivity contribution in [3.8, 4) is 5.75 Å². The molecule has 1 aliphatic heterocycles. The summed E-state index contributed by atoms with van der Waals surface area (Å²) in [5.41, 5.74) is 1.01. The third kappa shape index (κ3) is 3.51. The molecule has 2 amide bonds. The second-order valence-electron chi connectivity index (χ2n) is 10.2. The minimum absolute atomic E-state index is 0.0203. The van der Waals surface area contributed by atoms with Crippen LogP contribution in [0.1, 0.15) is 31.2 Å². The number of ketones is 2. The average molecular weight is 528 g/mol. The van der Waals surface area contributed by atoms with E-state index in [0.717, 1.165) is 17.0 Å². The number of fused-ring (bicyclic) bond motifs is 3. The van der Waals surface area contributed by atoms with Crippen LogP contribution in [0.25, 0.3) is 0 Å². The Morgan fingerprint density at radius 3 is 2.54 bits per heavy atom. The number of hydrogen-bond acceptors (Lipinski definition) is 7. The van der Waals surface area contributed by atoms with Gasteiger partial charge in [-0.2, -0.15) is 0 Å². The summed E-state index contributed by atoms with van der Waals surface area (Å²) in [5, 5.41) is 22.0. The predicted molar refractivity (Wildman–Crippen MR) is 135 cm³/mol. The lowest BCUT2D eigenvalue weighted by molar-refractivity contribution is -0.384. The number of Topliss-reactive ketones (excluding diaryl/α,β-unsaturated/α-hetero) is 1. The molecule has 4 atom stereocenters. The van der Waals surface area contributed by atoms with Gasteiger partial charge in [-0.15, -0.1) is 0 Å². The van der Waals surface area contributed by atoms with Gasteiger partial charge in [0.15, 0.2) is 23.1 Å². The second kappa shape index (κ2) is 8.65. The van der Waals surface area contributed by atoms with Crippen LogP contribution in [0.5, 0.6) is 5.75 Å². The van der Waals surface area contributed by atoms with Gasteiger partial charge in [-0.05, 0) is 43.9 Å². The average Bonchev–Trinajstić information content (AvgIpc) is 3.17. The first-order valence-corrected chi connectivity index (χ1v) is 12.4. The van der Waals surface area contributed by atoms with Gasteiger partial charge in [0, 0.05) is 40.3 Å². The Morgan fingerprint density at radius 1 is 1.05 bits per heavy atom. The molecule has 10 heteroatoms. The third-order valence-electron chi connectivity index (χ3n) is 8.19. The van der Waals surface area contributed by atoms with Gasteiger partial charge in [0.25, 0.3) is 5.69 Å². The van der Waals surface area contributed by atoms with Gasteiger partial charge >= 0.3 is 0 Å². The van der Waals surface area contributed by atoms with Gasteiger partial charge in [-0.3, -0.25) is 29.3 Å². The number of para-hydroxylation sites is 1. The van der Waals surface area contributed by atoms with E-state index in [9.17, 15) is 38.8 Å². The normalized spacial score (nSPS) is 26.2. The highest BCUT2D eigenvalue weighted by Crippen LogP contribution is 2.56. The Labute approximate surface area is 221 Å². The van der Waals surface area contributed by atoms with Crippen LogP contribution in [0, 0.1) is 33.7 Å². The number of phenolic OH excluding ortho intramolecular Hbond substituents is 1. The monoisotopic (exact) mass is 528 g/mol. The molecule has 1 saturated heterocycles. The number of allylic oxidation sites excluding steroid dienone is 6. The molecule has 39 heavy (non-hydrogen) atoms. The highest BCUT2D eigenvalue weighted by molar-refractivity contribution is 6.25. The molecule has 1 heterocycles. The fraction of sp³-hybridized carbons (Fsp3) is 0.241. The van der Waals surface area contributed by atoms with Gasteiger partial charge in [0.05, 0.1) is 22.4 Å². The largest absolute Gasteiger partial charge is 0.505 e. The summed E-state index contributed by atoms with van der Waals surface area (Å²) in [6.45, 7) is 1.52. The summed E-state index contributed by atoms with van der Waals surface area (Å²) in [4.78, 5) is 65.5. The minimum Gasteiger partial charge on any atom is -0.505 e. The van der Waals surface area contributed by atoms with Crippen molar-refractivity contribution in [2.24, 2.45) is 17.8 Å². The van der Waals surface area contributed by atoms with Crippen molar-refractivity contribution in [2.75, 3.05) is 4.90 Å². The van der Waals surface area contributed by atoms with E-state index in [4.69, 9.17) is 0 Å². The zero-order chi connectivity index (χ0) is 27.7. The van der Waals surface area contributed by atoms with Crippen molar-refractivity contribution in [3.63, 3.8) is 0 Å². The van der Waals surface area contributed by atoms with E-state index in [1.54, 1.807) is 6.08 Å². The third-order valence-corrected chi connectivity index (χ3v) is 8.19. The van der Waals surface area contributed by atoms with E-state index in [0.29, 0.717) is 5.57 Å². The van der Waals surface area contributed by atoms with E-state index in [2.05, 4.69) is 0 Å². The first kappa shape index (κ1) is 24.6. The number of non-ortho nitro benzene ring substituents is 1. The molecular weight excluding hydrogens is 507 g/mol. The number of benzene rings is 2. The number of nitro benzene ring substituents is 1. The molecule has 0 saturated carbocycles. The van der Waals surface area contributed by atoms with Crippen LogP contribution in [0.2, 0.25) is 0 Å². The standard InChI is InChI=1S/C29H21FN2O7/c1-13-10-22(33)25-20(26(13)34)12-19-16(23(25)17-6-3-7-21(30)27(17)35)8-9-18-24(19)29(37)31(28(18)36)14-4-2-5-15(11-14)32(38)39/h2-8,10-11,18-19,23-24,35H,9,12H2,1H3/t18-,19+,23+,24-/m0/s1. The van der Waals surface area contributed by atoms with Gasteiger partial charge < -0.3 is 5.11 Å². The molecule has 0 radical (unpaired) electrons. The van der Waals surface area contributed by atoms with Crippen LogP contribution >= 0.6 is 0 Å². The lowest BCUT2D eigenvalue weighted by atomic mass is 9.59. The van der Waals surface area contributed by atoms with Crippen LogP contribution in [0.3, 0.4) is 0 Å². The van der Waals surface area contributed by atoms with Gasteiger partial charge in [0.2, 0.25) is 11.8 Å². The quantitative estimate of drug-likeness (QED) is 0.209. The summed E-state index contributed by atoms with van der Waals surface area (Å²) in [6, 6.07) is 9.20. The SMILES string of the molecule is CC1=CC(=O)C2=C(C[C@@H]3C(=CC[C@@H]4C(=O)N(c5cccc([N+](=O)[O-])c5)C(=O)[C@@H]43)[C@@H]2c2cccc(F)c2O)C1=O. The summed E-state index contributed by atoms with van der Waals surface area (Å²) in [6.07, 6.45) is 3.13. The maximum atomic E-state index is 14.5. The minimum atomic E-state index is -0.981. The van der Waals surface area contributed by atoms with Crippen molar-refractivity contribution in [1.29, 1.82) is 0 Å².